The third-order valence-corrected chi connectivity index (χ3v) is 3.06. The van der Waals surface area contributed by atoms with Crippen LogP contribution < -0.4 is 0 Å². The van der Waals surface area contributed by atoms with Crippen molar-refractivity contribution in [2.24, 2.45) is 0 Å². The van der Waals surface area contributed by atoms with Crippen LogP contribution in [0.5, 0.6) is 0 Å². The van der Waals surface area contributed by atoms with Crippen LogP contribution in [0.15, 0.2) is 0 Å². The lowest BCUT2D eigenvalue weighted by Gasteiger charge is -2.07. The number of fused-ring (bicyclic) bond motifs is 1. The molecule has 3 rings (SSSR count). The molecule has 0 radical (unpaired) electrons. The number of carboxylic acids is 1. The van der Waals surface area contributed by atoms with Gasteiger partial charge in [0.15, 0.2) is 5.69 Å². The Morgan fingerprint density at radius 2 is 2.20 bits per heavy atom. The molecule has 1 aliphatic heterocycles. The molecule has 0 aromatic carbocycles. The number of hydrogen-bond donors (Lipinski definition) is 1. The van der Waals surface area contributed by atoms with Crippen LogP contribution in [0.25, 0.3) is 0 Å². The van der Waals surface area contributed by atoms with E-state index in [1.54, 1.807) is 0 Å². The maximum absolute atomic E-state index is 11.0. The first-order valence-electron chi connectivity index (χ1n) is 5.19. The van der Waals surface area contributed by atoms with Crippen LogP contribution in [0.2, 0.25) is 0 Å². The molecule has 1 aliphatic carbocycles. The third kappa shape index (κ3) is 1.26. The third-order valence-electron chi connectivity index (χ3n) is 3.06. The van der Waals surface area contributed by atoms with Crippen molar-refractivity contribution < 1.29 is 9.90 Å². The van der Waals surface area contributed by atoms with E-state index in [1.807, 2.05) is 11.7 Å². The van der Waals surface area contributed by atoms with E-state index in [4.69, 9.17) is 5.11 Å². The summed E-state index contributed by atoms with van der Waals surface area (Å²) in [5.41, 5.74) is 2.27. The van der Waals surface area contributed by atoms with Crippen LogP contribution in [0.3, 0.4) is 0 Å². The van der Waals surface area contributed by atoms with Crippen LogP contribution in [0.4, 0.5) is 0 Å². The van der Waals surface area contributed by atoms with Gasteiger partial charge in [0, 0.05) is 18.7 Å². The van der Waals surface area contributed by atoms with Gasteiger partial charge in [0.25, 0.3) is 0 Å². The summed E-state index contributed by atoms with van der Waals surface area (Å²) in [6, 6.07) is 0.457. The van der Waals surface area contributed by atoms with E-state index in [0.717, 1.165) is 30.6 Å². The maximum atomic E-state index is 11.0. The molecule has 1 fully saturated rings. The normalized spacial score (nSPS) is 20.6. The molecule has 0 spiro atoms. The molecule has 0 amide bonds. The first-order chi connectivity index (χ1) is 7.16. The fraction of sp³-hybridized carbons (Fsp3) is 0.600. The van der Waals surface area contributed by atoms with Crippen molar-refractivity contribution in [3.8, 4) is 0 Å². The van der Waals surface area contributed by atoms with Crippen LogP contribution >= 0.6 is 0 Å². The molecule has 2 aliphatic rings. The van der Waals surface area contributed by atoms with Gasteiger partial charge in [0.1, 0.15) is 0 Å². The van der Waals surface area contributed by atoms with Crippen molar-refractivity contribution in [2.45, 2.75) is 32.0 Å². The fourth-order valence-corrected chi connectivity index (χ4v) is 2.21. The van der Waals surface area contributed by atoms with Gasteiger partial charge in [-0.25, -0.2) is 4.79 Å². The second-order valence-corrected chi connectivity index (χ2v) is 4.43. The molecule has 0 unspecified atom stereocenters. The second-order valence-electron chi connectivity index (χ2n) is 4.43. The lowest BCUT2D eigenvalue weighted by Crippen LogP contribution is -2.13. The highest BCUT2D eigenvalue weighted by atomic mass is 16.4. The number of hydrogen-bond acceptors (Lipinski definition) is 3. The Kier molecular flexibility index (Phi) is 1.68. The van der Waals surface area contributed by atoms with Crippen LogP contribution in [0.1, 0.15) is 40.6 Å². The predicted octanol–water partition coefficient (Wildman–Crippen LogP) is 0.862. The van der Waals surface area contributed by atoms with E-state index < -0.39 is 5.97 Å². The molecule has 5 heteroatoms. The minimum atomic E-state index is -0.902. The molecular formula is C10H13N3O2. The smallest absolute Gasteiger partial charge is 0.356 e. The molecule has 0 bridgehead atoms. The first-order valence-corrected chi connectivity index (χ1v) is 5.19. The number of carboxylic acid groups (broad SMARTS) is 1. The average Bonchev–Trinajstić information content (AvgIpc) is 2.83. The standard InChI is InChI=1S/C10H13N3O2/c1-12-4-7-8(5-12)13(6-2-3-6)11-9(7)10(14)15/h6H,2-5H2,1H3,(H,14,15). The Labute approximate surface area is 87.3 Å². The van der Waals surface area contributed by atoms with Crippen molar-refractivity contribution in [1.82, 2.24) is 14.7 Å². The van der Waals surface area contributed by atoms with Gasteiger partial charge in [-0.3, -0.25) is 9.58 Å². The first kappa shape index (κ1) is 8.91. The predicted molar refractivity (Wildman–Crippen MR) is 52.6 cm³/mol. The lowest BCUT2D eigenvalue weighted by atomic mass is 10.2. The highest BCUT2D eigenvalue weighted by Gasteiger charge is 2.34. The van der Waals surface area contributed by atoms with Gasteiger partial charge in [-0.1, -0.05) is 0 Å². The SMILES string of the molecule is CN1Cc2c(C(=O)O)nn(C3CC3)c2C1. The lowest BCUT2D eigenvalue weighted by molar-refractivity contribution is 0.0687. The Morgan fingerprint density at radius 1 is 1.47 bits per heavy atom. The van der Waals surface area contributed by atoms with Crippen LogP contribution in [-0.2, 0) is 13.1 Å². The highest BCUT2D eigenvalue weighted by molar-refractivity contribution is 5.87. The zero-order valence-corrected chi connectivity index (χ0v) is 8.60. The van der Waals surface area contributed by atoms with E-state index >= 15 is 0 Å². The van der Waals surface area contributed by atoms with Gasteiger partial charge >= 0.3 is 5.97 Å². The summed E-state index contributed by atoms with van der Waals surface area (Å²) in [6.07, 6.45) is 2.27. The molecule has 5 nitrogen and oxygen atoms in total. The van der Waals surface area contributed by atoms with Gasteiger partial charge in [0.05, 0.1) is 11.7 Å². The monoisotopic (exact) mass is 207 g/mol. The molecule has 1 N–H and O–H groups in total. The van der Waals surface area contributed by atoms with E-state index in [1.165, 1.54) is 0 Å². The van der Waals surface area contributed by atoms with E-state index in [2.05, 4.69) is 10.00 Å². The quantitative estimate of drug-likeness (QED) is 0.781. The van der Waals surface area contributed by atoms with Gasteiger partial charge in [-0.2, -0.15) is 5.10 Å². The minimum Gasteiger partial charge on any atom is -0.476 e. The summed E-state index contributed by atoms with van der Waals surface area (Å²) in [6.45, 7) is 1.54. The molecular weight excluding hydrogens is 194 g/mol. The summed E-state index contributed by atoms with van der Waals surface area (Å²) >= 11 is 0. The topological polar surface area (TPSA) is 58.4 Å². The number of aromatic carboxylic acids is 1. The van der Waals surface area contributed by atoms with Crippen molar-refractivity contribution in [3.05, 3.63) is 17.0 Å². The molecule has 0 atom stereocenters. The number of nitrogens with zero attached hydrogens (tertiary/aromatic N) is 3. The summed E-state index contributed by atoms with van der Waals surface area (Å²) in [4.78, 5) is 13.2. The molecule has 1 aromatic rings. The number of rotatable bonds is 2. The van der Waals surface area contributed by atoms with E-state index in [9.17, 15) is 4.79 Å². The zero-order valence-electron chi connectivity index (χ0n) is 8.60. The van der Waals surface area contributed by atoms with Gasteiger partial charge < -0.3 is 5.11 Å². The Hall–Kier alpha value is -1.36. The summed E-state index contributed by atoms with van der Waals surface area (Å²) in [7, 11) is 2.00. The van der Waals surface area contributed by atoms with Gasteiger partial charge in [-0.15, -0.1) is 0 Å². The highest BCUT2D eigenvalue weighted by Crippen LogP contribution is 2.38. The van der Waals surface area contributed by atoms with Crippen molar-refractivity contribution >= 4 is 5.97 Å². The van der Waals surface area contributed by atoms with E-state index in [0.29, 0.717) is 12.6 Å². The van der Waals surface area contributed by atoms with Crippen LogP contribution in [-0.4, -0.2) is 32.8 Å². The molecule has 1 saturated carbocycles. The summed E-state index contributed by atoms with van der Waals surface area (Å²) in [5, 5.41) is 13.3. The molecule has 0 saturated heterocycles. The Bertz CT molecular complexity index is 434. The van der Waals surface area contributed by atoms with E-state index in [-0.39, 0.29) is 5.69 Å². The van der Waals surface area contributed by atoms with Crippen molar-refractivity contribution in [3.63, 3.8) is 0 Å². The molecule has 80 valence electrons. The number of carbonyl (C=O) groups is 1. The molecule has 15 heavy (non-hydrogen) atoms. The molecule has 1 aromatic heterocycles. The number of aromatic nitrogens is 2. The summed E-state index contributed by atoms with van der Waals surface area (Å²) < 4.78 is 1.93. The van der Waals surface area contributed by atoms with Gasteiger partial charge in [0.2, 0.25) is 0 Å². The second kappa shape index (κ2) is 2.82. The maximum Gasteiger partial charge on any atom is 0.356 e. The zero-order chi connectivity index (χ0) is 10.6. The minimum absolute atomic E-state index is 0.251. The van der Waals surface area contributed by atoms with Crippen molar-refractivity contribution in [2.75, 3.05) is 7.05 Å². The Balaban J connectivity index is 2.11. The average molecular weight is 207 g/mol. The summed E-state index contributed by atoms with van der Waals surface area (Å²) in [5.74, 6) is -0.902. The van der Waals surface area contributed by atoms with Gasteiger partial charge in [-0.05, 0) is 19.9 Å². The van der Waals surface area contributed by atoms with Crippen molar-refractivity contribution in [1.29, 1.82) is 0 Å². The molecule has 2 heterocycles. The van der Waals surface area contributed by atoms with Crippen LogP contribution in [0, 0.1) is 0 Å². The fourth-order valence-electron chi connectivity index (χ4n) is 2.21. The largest absolute Gasteiger partial charge is 0.476 e. The Morgan fingerprint density at radius 3 is 2.80 bits per heavy atom.